The van der Waals surface area contributed by atoms with E-state index in [1.54, 1.807) is 42.5 Å². The molecule has 0 amide bonds. The lowest BCUT2D eigenvalue weighted by Crippen LogP contribution is -2.04. The first-order valence-electron chi connectivity index (χ1n) is 10.9. The van der Waals surface area contributed by atoms with Crippen molar-refractivity contribution in [1.82, 2.24) is 0 Å². The molecular formula is C29H22N2O4. The molecule has 0 spiro atoms. The Bertz CT molecular complexity index is 1490. The Morgan fingerprint density at radius 2 is 0.914 bits per heavy atom. The summed E-state index contributed by atoms with van der Waals surface area (Å²) in [6, 6.07) is 30.9. The summed E-state index contributed by atoms with van der Waals surface area (Å²) < 4.78 is 16.9. The molecule has 0 aliphatic carbocycles. The van der Waals surface area contributed by atoms with Crippen LogP contribution in [0.3, 0.4) is 0 Å². The highest BCUT2D eigenvalue weighted by atomic mass is 16.5. The van der Waals surface area contributed by atoms with Crippen molar-refractivity contribution in [2.45, 2.75) is 0 Å². The molecule has 5 rings (SSSR count). The fraction of sp³-hybridized carbons (Fsp3) is 0. The zero-order valence-electron chi connectivity index (χ0n) is 18.7. The van der Waals surface area contributed by atoms with Crippen LogP contribution in [0.1, 0.15) is 0 Å². The maximum absolute atomic E-state index is 12.7. The van der Waals surface area contributed by atoms with Crippen molar-refractivity contribution in [3.05, 3.63) is 120 Å². The van der Waals surface area contributed by atoms with Gasteiger partial charge in [-0.3, -0.25) is 0 Å². The van der Waals surface area contributed by atoms with E-state index in [9.17, 15) is 4.79 Å². The lowest BCUT2D eigenvalue weighted by molar-refractivity contribution is 0.482. The number of hydrogen-bond acceptors (Lipinski definition) is 6. The van der Waals surface area contributed by atoms with Crippen molar-refractivity contribution in [2.75, 3.05) is 11.5 Å². The summed E-state index contributed by atoms with van der Waals surface area (Å²) in [6.07, 6.45) is 1.40. The molecule has 0 aliphatic rings. The smallest absolute Gasteiger partial charge is 0.344 e. The van der Waals surface area contributed by atoms with Crippen LogP contribution >= 0.6 is 0 Å². The van der Waals surface area contributed by atoms with Crippen LogP contribution in [0.2, 0.25) is 0 Å². The summed E-state index contributed by atoms with van der Waals surface area (Å²) in [5.41, 5.74) is 15.2. The van der Waals surface area contributed by atoms with Gasteiger partial charge >= 0.3 is 5.63 Å². The predicted octanol–water partition coefficient (Wildman–Crippen LogP) is 6.72. The second-order valence-corrected chi connectivity index (χ2v) is 7.89. The topological polar surface area (TPSA) is 101 Å². The molecular weight excluding hydrogens is 440 g/mol. The second kappa shape index (κ2) is 9.49. The van der Waals surface area contributed by atoms with Gasteiger partial charge in [0.1, 0.15) is 23.0 Å². The monoisotopic (exact) mass is 462 g/mol. The third kappa shape index (κ3) is 5.02. The number of rotatable bonds is 6. The highest BCUT2D eigenvalue weighted by Crippen LogP contribution is 2.33. The van der Waals surface area contributed by atoms with Crippen LogP contribution < -0.4 is 26.6 Å². The van der Waals surface area contributed by atoms with E-state index >= 15 is 0 Å². The Labute approximate surface area is 202 Å². The minimum absolute atomic E-state index is 0.420. The number of nitrogen functional groups attached to an aromatic ring is 2. The van der Waals surface area contributed by atoms with Crippen molar-refractivity contribution >= 4 is 11.4 Å². The number of anilines is 2. The van der Waals surface area contributed by atoms with E-state index < -0.39 is 5.63 Å². The van der Waals surface area contributed by atoms with Gasteiger partial charge in [0.05, 0.1) is 11.8 Å². The summed E-state index contributed by atoms with van der Waals surface area (Å²) in [5.74, 6) is 2.68. The highest BCUT2D eigenvalue weighted by Gasteiger charge is 2.14. The molecule has 6 nitrogen and oxygen atoms in total. The number of nitrogens with two attached hydrogens (primary N) is 2. The standard InChI is InChI=1S/C29H22N2O4/c30-21-5-13-25(14-6-21)34-23-9-1-19(2-10-23)27-17-18-33-29(32)28(27)20-3-11-24(12-4-20)35-26-15-7-22(31)8-16-26/h1-18H,30-31H2. The van der Waals surface area contributed by atoms with Crippen LogP contribution in [0.25, 0.3) is 22.3 Å². The molecule has 0 saturated carbocycles. The third-order valence-corrected chi connectivity index (χ3v) is 5.42. The Morgan fingerprint density at radius 1 is 0.514 bits per heavy atom. The first-order valence-corrected chi connectivity index (χ1v) is 10.9. The second-order valence-electron chi connectivity index (χ2n) is 7.89. The van der Waals surface area contributed by atoms with Gasteiger partial charge in [0.2, 0.25) is 0 Å². The lowest BCUT2D eigenvalue weighted by Gasteiger charge is -2.11. The molecule has 1 aromatic heterocycles. The molecule has 1 heterocycles. The van der Waals surface area contributed by atoms with Gasteiger partial charge in [-0.25, -0.2) is 4.79 Å². The summed E-state index contributed by atoms with van der Waals surface area (Å²) >= 11 is 0. The maximum Gasteiger partial charge on any atom is 0.344 e. The average Bonchev–Trinajstić information content (AvgIpc) is 2.88. The van der Waals surface area contributed by atoms with Gasteiger partial charge in [0.25, 0.3) is 0 Å². The summed E-state index contributed by atoms with van der Waals surface area (Å²) in [6.45, 7) is 0. The summed E-state index contributed by atoms with van der Waals surface area (Å²) in [4.78, 5) is 12.7. The normalized spacial score (nSPS) is 10.6. The van der Waals surface area contributed by atoms with Gasteiger partial charge in [-0.1, -0.05) is 24.3 Å². The fourth-order valence-corrected chi connectivity index (χ4v) is 3.67. The number of benzene rings is 4. The van der Waals surface area contributed by atoms with Crippen molar-refractivity contribution in [1.29, 1.82) is 0 Å². The summed E-state index contributed by atoms with van der Waals surface area (Å²) in [7, 11) is 0. The first kappa shape index (κ1) is 21.9. The van der Waals surface area contributed by atoms with Crippen molar-refractivity contribution in [2.24, 2.45) is 0 Å². The first-order chi connectivity index (χ1) is 17.0. The van der Waals surface area contributed by atoms with E-state index in [1.165, 1.54) is 6.26 Å². The van der Waals surface area contributed by atoms with Gasteiger partial charge in [-0.15, -0.1) is 0 Å². The number of hydrogen-bond donors (Lipinski definition) is 2. The van der Waals surface area contributed by atoms with Crippen molar-refractivity contribution in [3.8, 4) is 45.3 Å². The molecule has 0 fully saturated rings. The van der Waals surface area contributed by atoms with Gasteiger partial charge in [0, 0.05) is 11.4 Å². The molecule has 0 unspecified atom stereocenters. The largest absolute Gasteiger partial charge is 0.457 e. The molecule has 0 radical (unpaired) electrons. The zero-order valence-corrected chi connectivity index (χ0v) is 18.7. The van der Waals surface area contributed by atoms with Gasteiger partial charge in [0.15, 0.2) is 0 Å². The van der Waals surface area contributed by atoms with Gasteiger partial charge in [-0.2, -0.15) is 0 Å². The number of ether oxygens (including phenoxy) is 2. The molecule has 0 atom stereocenters. The molecule has 5 aromatic rings. The molecule has 6 heteroatoms. The van der Waals surface area contributed by atoms with Crippen LogP contribution in [0, 0.1) is 0 Å². The lowest BCUT2D eigenvalue weighted by atomic mass is 9.97. The fourth-order valence-electron chi connectivity index (χ4n) is 3.67. The van der Waals surface area contributed by atoms with Crippen LogP contribution in [0.15, 0.2) is 119 Å². The van der Waals surface area contributed by atoms with E-state index in [4.69, 9.17) is 25.4 Å². The van der Waals surface area contributed by atoms with E-state index in [1.807, 2.05) is 60.7 Å². The third-order valence-electron chi connectivity index (χ3n) is 5.42. The predicted molar refractivity (Wildman–Crippen MR) is 138 cm³/mol. The van der Waals surface area contributed by atoms with Gasteiger partial charge in [-0.05, 0) is 95.6 Å². The maximum atomic E-state index is 12.7. The van der Waals surface area contributed by atoms with Crippen molar-refractivity contribution < 1.29 is 13.9 Å². The van der Waals surface area contributed by atoms with E-state index in [-0.39, 0.29) is 0 Å². The SMILES string of the molecule is Nc1ccc(Oc2ccc(-c3ccoc(=O)c3-c3ccc(Oc4ccc(N)cc4)cc3)cc2)cc1. The molecule has 0 bridgehead atoms. The molecule has 4 aromatic carbocycles. The Morgan fingerprint density at radius 3 is 1.37 bits per heavy atom. The quantitative estimate of drug-likeness (QED) is 0.272. The average molecular weight is 463 g/mol. The molecule has 172 valence electrons. The van der Waals surface area contributed by atoms with E-state index in [0.29, 0.717) is 39.9 Å². The molecule has 4 N–H and O–H groups in total. The van der Waals surface area contributed by atoms with Crippen molar-refractivity contribution in [3.63, 3.8) is 0 Å². The van der Waals surface area contributed by atoms with E-state index in [0.717, 1.165) is 16.7 Å². The highest BCUT2D eigenvalue weighted by molar-refractivity contribution is 5.82. The Kier molecular flexibility index (Phi) is 5.92. The van der Waals surface area contributed by atoms with E-state index in [2.05, 4.69) is 0 Å². The van der Waals surface area contributed by atoms with Crippen LogP contribution in [0.5, 0.6) is 23.0 Å². The zero-order chi connectivity index (χ0) is 24.2. The Balaban J connectivity index is 1.40. The van der Waals surface area contributed by atoms with Crippen LogP contribution in [-0.2, 0) is 0 Å². The molecule has 35 heavy (non-hydrogen) atoms. The van der Waals surface area contributed by atoms with Crippen LogP contribution in [-0.4, -0.2) is 0 Å². The molecule has 0 aliphatic heterocycles. The molecule has 0 saturated heterocycles. The minimum Gasteiger partial charge on any atom is -0.457 e. The Hall–Kier alpha value is -4.97. The van der Waals surface area contributed by atoms with Crippen LogP contribution in [0.4, 0.5) is 11.4 Å². The van der Waals surface area contributed by atoms with Gasteiger partial charge < -0.3 is 25.4 Å². The minimum atomic E-state index is -0.420. The summed E-state index contributed by atoms with van der Waals surface area (Å²) in [5, 5.41) is 0.